The molecule has 0 bridgehead atoms. The van der Waals surface area contributed by atoms with E-state index in [1.807, 2.05) is 26.0 Å². The highest BCUT2D eigenvalue weighted by Crippen LogP contribution is 2.47. The Bertz CT molecular complexity index is 1370. The van der Waals surface area contributed by atoms with Gasteiger partial charge in [-0.3, -0.25) is 4.79 Å². The lowest BCUT2D eigenvalue weighted by atomic mass is 9.72. The summed E-state index contributed by atoms with van der Waals surface area (Å²) < 4.78 is 13.1. The Kier molecular flexibility index (Phi) is 10.7. The van der Waals surface area contributed by atoms with Crippen molar-refractivity contribution in [3.63, 3.8) is 0 Å². The molecule has 2 aromatic rings. The molecule has 2 aromatic carbocycles. The van der Waals surface area contributed by atoms with Gasteiger partial charge in [-0.25, -0.2) is 0 Å². The third-order valence-corrected chi connectivity index (χ3v) is 8.24. The maximum Gasteiger partial charge on any atom is 0.175 e. The average Bonchev–Trinajstić information content (AvgIpc) is 2.92. The van der Waals surface area contributed by atoms with Crippen LogP contribution in [0.4, 0.5) is 0 Å². The first-order valence-electron chi connectivity index (χ1n) is 14.8. The zero-order valence-corrected chi connectivity index (χ0v) is 26.5. The van der Waals surface area contributed by atoms with Crippen molar-refractivity contribution in [2.45, 2.75) is 79.4 Å². The van der Waals surface area contributed by atoms with Gasteiger partial charge in [0.25, 0.3) is 0 Å². The number of nitriles is 1. The van der Waals surface area contributed by atoms with E-state index < -0.39 is 5.92 Å². The Morgan fingerprint density at radius 2 is 1.93 bits per heavy atom. The number of carbonyl (C=O) groups is 1. The number of dihydropyridines is 1. The van der Waals surface area contributed by atoms with E-state index in [2.05, 4.69) is 77.7 Å². The summed E-state index contributed by atoms with van der Waals surface area (Å²) >= 11 is 3.73. The first-order chi connectivity index (χ1) is 19.7. The lowest BCUT2D eigenvalue weighted by molar-refractivity contribution is -0.117. The molecular weight excluding hydrogens is 578 g/mol. The quantitative estimate of drug-likeness (QED) is 0.253. The number of rotatable bonds is 12. The minimum atomic E-state index is -0.439. The van der Waals surface area contributed by atoms with Gasteiger partial charge in [-0.1, -0.05) is 51.5 Å². The number of allylic oxidation sites excluding steroid dienone is 4. The van der Waals surface area contributed by atoms with Crippen molar-refractivity contribution in [3.8, 4) is 17.6 Å². The molecule has 2 atom stereocenters. The molecule has 0 radical (unpaired) electrons. The number of carbonyl (C=O) groups excluding carboxylic acids is 1. The van der Waals surface area contributed by atoms with E-state index in [0.29, 0.717) is 54.1 Å². The molecule has 4 rings (SSSR count). The van der Waals surface area contributed by atoms with Gasteiger partial charge in [0.05, 0.1) is 28.6 Å². The standard InChI is InChI=1S/C34H42BrN3O3/c1-6-9-23-13-29-33(30(39)14-23)32(27(17-36)22(5)38-29)26-15-28(35)34(31(16-26)40-7-2)41-20-25-11-8-10-24(12-25)19-37-18-21(3)4/h8,10-12,15-16,21,23,32,37-38H,6-7,9,13-14,18-20H2,1-5H3. The number of Topliss-reactive ketones (excluding diaryl/α,β-unsaturated/α-hetero) is 1. The summed E-state index contributed by atoms with van der Waals surface area (Å²) in [5.74, 6) is 1.82. The van der Waals surface area contributed by atoms with Crippen LogP contribution in [-0.2, 0) is 17.9 Å². The largest absolute Gasteiger partial charge is 0.490 e. The van der Waals surface area contributed by atoms with Crippen LogP contribution < -0.4 is 20.1 Å². The molecule has 0 saturated carbocycles. The fourth-order valence-corrected chi connectivity index (χ4v) is 6.44. The van der Waals surface area contributed by atoms with Crippen LogP contribution in [0.25, 0.3) is 0 Å². The Morgan fingerprint density at radius 1 is 1.15 bits per heavy atom. The van der Waals surface area contributed by atoms with Crippen LogP contribution in [0.2, 0.25) is 0 Å². The number of nitrogens with zero attached hydrogens (tertiary/aromatic N) is 1. The van der Waals surface area contributed by atoms with Crippen LogP contribution in [0.1, 0.15) is 82.9 Å². The Morgan fingerprint density at radius 3 is 2.63 bits per heavy atom. The summed E-state index contributed by atoms with van der Waals surface area (Å²) in [6.07, 6.45) is 3.42. The third kappa shape index (κ3) is 7.42. The highest BCUT2D eigenvalue weighted by Gasteiger charge is 2.39. The van der Waals surface area contributed by atoms with Gasteiger partial charge in [0, 0.05) is 29.9 Å². The first-order valence-corrected chi connectivity index (χ1v) is 15.6. The van der Waals surface area contributed by atoms with E-state index in [1.54, 1.807) is 0 Å². The van der Waals surface area contributed by atoms with Gasteiger partial charge in [-0.15, -0.1) is 0 Å². The molecule has 41 heavy (non-hydrogen) atoms. The van der Waals surface area contributed by atoms with E-state index in [-0.39, 0.29) is 5.78 Å². The van der Waals surface area contributed by atoms with Gasteiger partial charge in [0.1, 0.15) is 6.61 Å². The van der Waals surface area contributed by atoms with Crippen molar-refractivity contribution in [1.82, 2.24) is 10.6 Å². The van der Waals surface area contributed by atoms with Gasteiger partial charge in [0.15, 0.2) is 17.3 Å². The van der Waals surface area contributed by atoms with E-state index in [0.717, 1.165) is 59.3 Å². The van der Waals surface area contributed by atoms with Crippen LogP contribution >= 0.6 is 15.9 Å². The highest BCUT2D eigenvalue weighted by molar-refractivity contribution is 9.10. The number of hydrogen-bond acceptors (Lipinski definition) is 6. The van der Waals surface area contributed by atoms with Gasteiger partial charge in [0.2, 0.25) is 0 Å². The fraction of sp³-hybridized carbons (Fsp3) is 0.471. The number of ketones is 1. The normalized spacial score (nSPS) is 18.7. The van der Waals surface area contributed by atoms with Gasteiger partial charge < -0.3 is 20.1 Å². The Labute approximate surface area is 253 Å². The van der Waals surface area contributed by atoms with E-state index in [1.165, 1.54) is 5.56 Å². The Balaban J connectivity index is 1.63. The molecule has 2 unspecified atom stereocenters. The summed E-state index contributed by atoms with van der Waals surface area (Å²) in [7, 11) is 0. The monoisotopic (exact) mass is 619 g/mol. The van der Waals surface area contributed by atoms with Crippen LogP contribution in [0.5, 0.6) is 11.5 Å². The van der Waals surface area contributed by atoms with Gasteiger partial charge in [-0.05, 0) is 89.8 Å². The second-order valence-corrected chi connectivity index (χ2v) is 12.3. The summed E-state index contributed by atoms with van der Waals surface area (Å²) in [6.45, 7) is 13.0. The summed E-state index contributed by atoms with van der Waals surface area (Å²) in [4.78, 5) is 13.5. The molecule has 0 saturated heterocycles. The number of ether oxygens (including phenoxy) is 2. The molecular formula is C34H42BrN3O3. The molecule has 7 heteroatoms. The fourth-order valence-electron chi connectivity index (χ4n) is 5.86. The zero-order valence-electron chi connectivity index (χ0n) is 24.9. The Hall–Kier alpha value is -3.08. The van der Waals surface area contributed by atoms with Crippen molar-refractivity contribution in [2.24, 2.45) is 11.8 Å². The highest BCUT2D eigenvalue weighted by atomic mass is 79.9. The number of halogens is 1. The second-order valence-electron chi connectivity index (χ2n) is 11.5. The summed E-state index contributed by atoms with van der Waals surface area (Å²) in [5.41, 5.74) is 6.17. The van der Waals surface area contributed by atoms with E-state index in [9.17, 15) is 10.1 Å². The minimum Gasteiger partial charge on any atom is -0.490 e. The molecule has 2 aliphatic rings. The van der Waals surface area contributed by atoms with Crippen LogP contribution in [-0.4, -0.2) is 18.9 Å². The average molecular weight is 621 g/mol. The summed E-state index contributed by atoms with van der Waals surface area (Å²) in [5, 5.41) is 17.1. The topological polar surface area (TPSA) is 83.4 Å². The van der Waals surface area contributed by atoms with E-state index >= 15 is 0 Å². The van der Waals surface area contributed by atoms with Gasteiger partial charge in [-0.2, -0.15) is 5.26 Å². The molecule has 1 aliphatic heterocycles. The van der Waals surface area contributed by atoms with Crippen molar-refractivity contribution in [2.75, 3.05) is 13.2 Å². The second kappa shape index (κ2) is 14.2. The lowest BCUT2D eigenvalue weighted by Gasteiger charge is -2.35. The minimum absolute atomic E-state index is 0.125. The maximum absolute atomic E-state index is 13.5. The van der Waals surface area contributed by atoms with Crippen molar-refractivity contribution >= 4 is 21.7 Å². The van der Waals surface area contributed by atoms with E-state index in [4.69, 9.17) is 9.47 Å². The first kappa shape index (κ1) is 30.9. The van der Waals surface area contributed by atoms with Crippen molar-refractivity contribution in [1.29, 1.82) is 5.26 Å². The number of nitrogens with one attached hydrogen (secondary N) is 2. The number of benzene rings is 2. The lowest BCUT2D eigenvalue weighted by Crippen LogP contribution is -2.34. The smallest absolute Gasteiger partial charge is 0.175 e. The molecule has 1 heterocycles. The molecule has 0 fully saturated rings. The number of hydrogen-bond donors (Lipinski definition) is 2. The molecule has 218 valence electrons. The predicted octanol–water partition coefficient (Wildman–Crippen LogP) is 7.69. The van der Waals surface area contributed by atoms with Crippen LogP contribution in [0, 0.1) is 23.2 Å². The molecule has 1 aliphatic carbocycles. The van der Waals surface area contributed by atoms with Crippen molar-refractivity contribution in [3.05, 3.63) is 80.1 Å². The molecule has 0 spiro atoms. The molecule has 0 amide bonds. The van der Waals surface area contributed by atoms with Crippen LogP contribution in [0.15, 0.2) is 63.4 Å². The predicted molar refractivity (Wildman–Crippen MR) is 166 cm³/mol. The zero-order chi connectivity index (χ0) is 29.5. The van der Waals surface area contributed by atoms with Gasteiger partial charge >= 0.3 is 0 Å². The molecule has 6 nitrogen and oxygen atoms in total. The summed E-state index contributed by atoms with van der Waals surface area (Å²) in [6, 6.07) is 14.7. The third-order valence-electron chi connectivity index (χ3n) is 7.65. The van der Waals surface area contributed by atoms with Crippen molar-refractivity contribution < 1.29 is 14.3 Å². The molecule has 2 N–H and O–H groups in total. The maximum atomic E-state index is 13.5. The molecule has 0 aromatic heterocycles. The SMILES string of the molecule is CCCC1CC(=O)C2=C(C1)NC(C)=C(C#N)C2c1cc(Br)c(OCc2cccc(CNCC(C)C)c2)c(OCC)c1. The van der Waals surface area contributed by atoms with Crippen LogP contribution in [0.3, 0.4) is 0 Å².